The number of benzene rings is 1. The number of alkyl halides is 3. The van der Waals surface area contributed by atoms with Crippen LogP contribution in [0.15, 0.2) is 22.6 Å². The van der Waals surface area contributed by atoms with Gasteiger partial charge in [0.15, 0.2) is 0 Å². The van der Waals surface area contributed by atoms with Gasteiger partial charge in [-0.05, 0) is 42.4 Å². The molecule has 1 heterocycles. The lowest BCUT2D eigenvalue weighted by Gasteiger charge is -2.41. The number of aryl methyl sites for hydroxylation is 1. The standard InChI is InChI=1S/C19H23F8N3O7S/c1-4-11-7-13(38(23,24,25,26)27)8-12-9-14(17(19(20,21)22)36-16(11)12)18(33)35-10(2)37-28-30(34)29(3)6-5-15(31)32/h7-10,17,28,34H,4-6H2,1-3H3,(H,31,32)/t10?,17-/m0/s1. The number of hydrogen-bond acceptors (Lipinski definition) is 9. The van der Waals surface area contributed by atoms with Gasteiger partial charge in [0.25, 0.3) is 0 Å². The van der Waals surface area contributed by atoms with Crippen LogP contribution in [0.2, 0.25) is 0 Å². The van der Waals surface area contributed by atoms with Gasteiger partial charge in [-0.3, -0.25) is 10.0 Å². The average Bonchev–Trinajstić information content (AvgIpc) is 2.76. The highest BCUT2D eigenvalue weighted by Crippen LogP contribution is 3.02. The van der Waals surface area contributed by atoms with E-state index in [0.29, 0.717) is 6.08 Å². The van der Waals surface area contributed by atoms with Crippen LogP contribution < -0.4 is 10.3 Å². The van der Waals surface area contributed by atoms with Gasteiger partial charge in [0.05, 0.1) is 12.0 Å². The van der Waals surface area contributed by atoms with E-state index in [1.165, 1.54) is 14.0 Å². The molecule has 2 atom stereocenters. The number of carboxylic acid groups (broad SMARTS) is 1. The molecule has 0 amide bonds. The van der Waals surface area contributed by atoms with Crippen LogP contribution in [0, 0.1) is 0 Å². The molecule has 2 rings (SSSR count). The number of hydrazine groups is 2. The van der Waals surface area contributed by atoms with Gasteiger partial charge < -0.3 is 14.6 Å². The number of carbonyl (C=O) groups excluding carboxylic acids is 1. The zero-order valence-electron chi connectivity index (χ0n) is 19.8. The monoisotopic (exact) mass is 589 g/mol. The molecule has 0 bridgehead atoms. The lowest BCUT2D eigenvalue weighted by molar-refractivity contribution is -0.360. The molecule has 0 saturated carbocycles. The van der Waals surface area contributed by atoms with E-state index >= 15 is 0 Å². The second-order valence-electron chi connectivity index (χ2n) is 7.96. The molecule has 0 fully saturated rings. The van der Waals surface area contributed by atoms with E-state index in [0.717, 1.165) is 11.9 Å². The molecule has 19 heteroatoms. The average molecular weight is 589 g/mol. The van der Waals surface area contributed by atoms with Crippen LogP contribution in [0.3, 0.4) is 0 Å². The van der Waals surface area contributed by atoms with Gasteiger partial charge in [-0.25, -0.2) is 14.6 Å². The van der Waals surface area contributed by atoms with Crippen LogP contribution >= 0.6 is 10.2 Å². The van der Waals surface area contributed by atoms with Crippen molar-refractivity contribution in [3.63, 3.8) is 0 Å². The van der Waals surface area contributed by atoms with E-state index in [-0.39, 0.29) is 24.0 Å². The molecule has 0 radical (unpaired) electrons. The number of ether oxygens (including phenoxy) is 2. The molecule has 1 aliphatic rings. The molecular weight excluding hydrogens is 566 g/mol. The number of rotatable bonds is 11. The Morgan fingerprint density at radius 2 is 1.82 bits per heavy atom. The minimum Gasteiger partial charge on any atom is -0.481 e. The molecule has 1 aromatic rings. The molecule has 3 N–H and O–H groups in total. The summed E-state index contributed by atoms with van der Waals surface area (Å²) < 4.78 is 118. The van der Waals surface area contributed by atoms with Gasteiger partial charge in [-0.2, -0.15) is 13.2 Å². The molecule has 0 aliphatic carbocycles. The second kappa shape index (κ2) is 10.1. The summed E-state index contributed by atoms with van der Waals surface area (Å²) in [5, 5.41) is 19.3. The van der Waals surface area contributed by atoms with Crippen molar-refractivity contribution in [3.8, 4) is 5.75 Å². The van der Waals surface area contributed by atoms with Crippen molar-refractivity contribution in [2.45, 2.75) is 50.2 Å². The Kier molecular flexibility index (Phi) is 8.39. The number of nitrogens with one attached hydrogen (secondary N) is 1. The first kappa shape index (κ1) is 31.5. The van der Waals surface area contributed by atoms with Crippen molar-refractivity contribution in [2.75, 3.05) is 13.6 Å². The Morgan fingerprint density at radius 3 is 2.32 bits per heavy atom. The van der Waals surface area contributed by atoms with Gasteiger partial charge in [0.1, 0.15) is 10.6 Å². The predicted octanol–water partition coefficient (Wildman–Crippen LogP) is 4.95. The zero-order valence-corrected chi connectivity index (χ0v) is 20.6. The molecular formula is C19H23F8N3O7S. The van der Waals surface area contributed by atoms with E-state index in [1.807, 2.05) is 0 Å². The predicted molar refractivity (Wildman–Crippen MR) is 114 cm³/mol. The summed E-state index contributed by atoms with van der Waals surface area (Å²) in [5.74, 6) is -3.74. The first-order valence-corrected chi connectivity index (χ1v) is 12.4. The molecule has 1 unspecified atom stereocenters. The molecule has 0 aromatic heterocycles. The number of fused-ring (bicyclic) bond motifs is 1. The van der Waals surface area contributed by atoms with Crippen LogP contribution in [0.5, 0.6) is 5.75 Å². The van der Waals surface area contributed by atoms with Crippen molar-refractivity contribution in [3.05, 3.63) is 28.8 Å². The molecule has 1 aromatic carbocycles. The summed E-state index contributed by atoms with van der Waals surface area (Å²) in [5.41, 5.74) is -1.02. The highest BCUT2D eigenvalue weighted by Gasteiger charge is 2.66. The van der Waals surface area contributed by atoms with Crippen molar-refractivity contribution < 1.29 is 66.8 Å². The number of esters is 1. The number of carbonyl (C=O) groups is 2. The summed E-state index contributed by atoms with van der Waals surface area (Å²) >= 11 is 0. The van der Waals surface area contributed by atoms with E-state index < -0.39 is 80.9 Å². The van der Waals surface area contributed by atoms with E-state index in [4.69, 9.17) is 14.7 Å². The third kappa shape index (κ3) is 8.14. The number of hydrogen-bond donors (Lipinski definition) is 3. The fourth-order valence-corrected chi connectivity index (χ4v) is 3.75. The Hall–Kier alpha value is -2.71. The van der Waals surface area contributed by atoms with Crippen molar-refractivity contribution in [1.29, 1.82) is 0 Å². The Balaban J connectivity index is 2.33. The summed E-state index contributed by atoms with van der Waals surface area (Å²) in [4.78, 5) is 25.4. The molecule has 218 valence electrons. The third-order valence-corrected chi connectivity index (χ3v) is 6.03. The smallest absolute Gasteiger partial charge is 0.430 e. The number of halogens is 8. The highest BCUT2D eigenvalue weighted by atomic mass is 32.5. The lowest BCUT2D eigenvalue weighted by atomic mass is 9.98. The summed E-state index contributed by atoms with van der Waals surface area (Å²) in [6, 6.07) is -0.116. The zero-order chi connectivity index (χ0) is 29.3. The maximum Gasteiger partial charge on any atom is 0.430 e. The Labute approximate surface area is 209 Å². The van der Waals surface area contributed by atoms with Gasteiger partial charge in [-0.1, -0.05) is 31.9 Å². The molecule has 0 saturated heterocycles. The van der Waals surface area contributed by atoms with Crippen molar-refractivity contribution >= 4 is 28.2 Å². The second-order valence-corrected chi connectivity index (χ2v) is 10.4. The summed E-state index contributed by atoms with van der Waals surface area (Å²) in [6.07, 6.45) is -10.5. The summed E-state index contributed by atoms with van der Waals surface area (Å²) in [6.45, 7) is 1.95. The van der Waals surface area contributed by atoms with Crippen LogP contribution in [-0.4, -0.2) is 64.7 Å². The fourth-order valence-electron chi connectivity index (χ4n) is 3.04. The van der Waals surface area contributed by atoms with E-state index in [2.05, 4.69) is 4.74 Å². The van der Waals surface area contributed by atoms with Crippen molar-refractivity contribution in [1.82, 2.24) is 15.9 Å². The summed E-state index contributed by atoms with van der Waals surface area (Å²) in [7, 11) is -9.05. The van der Waals surface area contributed by atoms with Crippen LogP contribution in [0.4, 0.5) is 32.6 Å². The Morgan fingerprint density at radius 1 is 1.21 bits per heavy atom. The first-order chi connectivity index (χ1) is 17.0. The number of aliphatic carboxylic acids is 1. The van der Waals surface area contributed by atoms with Gasteiger partial charge in [-0.15, -0.1) is 0 Å². The molecule has 1 aliphatic heterocycles. The molecule has 10 nitrogen and oxygen atoms in total. The topological polar surface area (TPSA) is 121 Å². The minimum atomic E-state index is -10.3. The third-order valence-electron chi connectivity index (χ3n) is 4.90. The maximum atomic E-state index is 13.7. The van der Waals surface area contributed by atoms with Crippen molar-refractivity contribution in [2.24, 2.45) is 0 Å². The quantitative estimate of drug-likeness (QED) is 0.142. The lowest BCUT2D eigenvalue weighted by Crippen LogP contribution is -2.49. The molecule has 38 heavy (non-hydrogen) atoms. The normalized spacial score (nSPS) is 18.7. The largest absolute Gasteiger partial charge is 0.481 e. The van der Waals surface area contributed by atoms with Gasteiger partial charge >= 0.3 is 28.3 Å². The van der Waals surface area contributed by atoms with E-state index in [9.17, 15) is 47.4 Å². The highest BCUT2D eigenvalue weighted by molar-refractivity contribution is 8.45. The van der Waals surface area contributed by atoms with Crippen LogP contribution in [-0.2, 0) is 25.6 Å². The van der Waals surface area contributed by atoms with Crippen LogP contribution in [0.25, 0.3) is 6.08 Å². The number of carboxylic acids is 1. The molecule has 0 spiro atoms. The Bertz CT molecular complexity index is 1120. The number of nitrogens with zero attached hydrogens (tertiary/aromatic N) is 2. The van der Waals surface area contributed by atoms with Gasteiger partial charge in [0, 0.05) is 19.2 Å². The van der Waals surface area contributed by atoms with E-state index in [1.54, 1.807) is 5.59 Å². The SMILES string of the molecule is CCc1cc(S(F)(F)(F)(F)F)cc2c1O[C@H](C(F)(F)F)C(C(=O)OC(C)ONN(O)N(C)CCC(=O)O)=C2. The maximum absolute atomic E-state index is 13.7. The van der Waals surface area contributed by atoms with Crippen LogP contribution in [0.1, 0.15) is 31.4 Å². The minimum absolute atomic E-state index is 0.000679. The fraction of sp³-hybridized carbons (Fsp3) is 0.474. The van der Waals surface area contributed by atoms with Gasteiger partial charge in [0.2, 0.25) is 12.4 Å². The first-order valence-electron chi connectivity index (χ1n) is 10.4.